The predicted molar refractivity (Wildman–Crippen MR) is 121 cm³/mol. The highest BCUT2D eigenvalue weighted by Gasteiger charge is 2.28. The van der Waals surface area contributed by atoms with Gasteiger partial charge in [-0.3, -0.25) is 9.59 Å². The molecule has 0 saturated heterocycles. The molecule has 2 amide bonds. The maximum Gasteiger partial charge on any atom is 0.261 e. The number of halogens is 1. The van der Waals surface area contributed by atoms with E-state index in [2.05, 4.69) is 5.32 Å². The van der Waals surface area contributed by atoms with E-state index in [0.717, 1.165) is 16.7 Å². The average Bonchev–Trinajstić information content (AvgIpc) is 2.73. The van der Waals surface area contributed by atoms with Gasteiger partial charge in [0.2, 0.25) is 5.91 Å². The number of ether oxygens (including phenoxy) is 1. The van der Waals surface area contributed by atoms with Crippen molar-refractivity contribution in [2.75, 3.05) is 19.7 Å². The molecule has 30 heavy (non-hydrogen) atoms. The lowest BCUT2D eigenvalue weighted by atomic mass is 10.1. The highest BCUT2D eigenvalue weighted by Crippen LogP contribution is 2.26. The quantitative estimate of drug-likeness (QED) is 0.610. The number of amides is 2. The van der Waals surface area contributed by atoms with Gasteiger partial charge in [0.25, 0.3) is 5.91 Å². The number of nitrogens with one attached hydrogen (secondary N) is 1. The van der Waals surface area contributed by atoms with Crippen molar-refractivity contribution in [1.29, 1.82) is 0 Å². The summed E-state index contributed by atoms with van der Waals surface area (Å²) in [6, 6.07) is 13.0. The summed E-state index contributed by atoms with van der Waals surface area (Å²) in [5.41, 5.74) is 2.91. The molecule has 0 bridgehead atoms. The topological polar surface area (TPSA) is 58.6 Å². The molecule has 162 valence electrons. The van der Waals surface area contributed by atoms with Gasteiger partial charge < -0.3 is 15.0 Å². The molecule has 0 spiro atoms. The van der Waals surface area contributed by atoms with Gasteiger partial charge in [0.1, 0.15) is 11.8 Å². The zero-order chi connectivity index (χ0) is 22.1. The van der Waals surface area contributed by atoms with Crippen LogP contribution in [0.5, 0.6) is 5.75 Å². The first kappa shape index (κ1) is 23.7. The number of benzene rings is 2. The molecule has 0 aliphatic rings. The Hall–Kier alpha value is -2.53. The summed E-state index contributed by atoms with van der Waals surface area (Å²) in [5.74, 6) is 0.241. The van der Waals surface area contributed by atoms with E-state index in [9.17, 15) is 9.59 Å². The number of aryl methyl sites for hydroxylation is 2. The van der Waals surface area contributed by atoms with E-state index in [1.165, 1.54) is 0 Å². The molecule has 1 unspecified atom stereocenters. The third-order valence-electron chi connectivity index (χ3n) is 4.99. The van der Waals surface area contributed by atoms with Crippen LogP contribution in [0.3, 0.4) is 0 Å². The molecule has 0 aliphatic carbocycles. The third-order valence-corrected chi connectivity index (χ3v) is 5.59. The molecule has 0 aromatic heterocycles. The Bertz CT molecular complexity index is 832. The molecule has 5 nitrogen and oxygen atoms in total. The Morgan fingerprint density at radius 2 is 1.73 bits per heavy atom. The third kappa shape index (κ3) is 6.49. The molecule has 0 saturated carbocycles. The monoisotopic (exact) mass is 430 g/mol. The van der Waals surface area contributed by atoms with Gasteiger partial charge >= 0.3 is 0 Å². The summed E-state index contributed by atoms with van der Waals surface area (Å²) in [6.45, 7) is 8.42. The Labute approximate surface area is 184 Å². The highest BCUT2D eigenvalue weighted by atomic mass is 35.5. The highest BCUT2D eigenvalue weighted by molar-refractivity contribution is 6.32. The van der Waals surface area contributed by atoms with Crippen LogP contribution < -0.4 is 10.1 Å². The van der Waals surface area contributed by atoms with Crippen molar-refractivity contribution in [3.63, 3.8) is 0 Å². The minimum Gasteiger partial charge on any atom is -0.484 e. The number of hydrogen-bond donors (Lipinski definition) is 1. The second-order valence-electron chi connectivity index (χ2n) is 7.30. The number of carbonyl (C=O) groups excluding carboxylic acids is 2. The fraction of sp³-hybridized carbons (Fsp3) is 0.417. The molecule has 0 aliphatic heterocycles. The maximum absolute atomic E-state index is 13.1. The van der Waals surface area contributed by atoms with Crippen LogP contribution in [0, 0.1) is 13.8 Å². The second-order valence-corrected chi connectivity index (χ2v) is 7.68. The van der Waals surface area contributed by atoms with Gasteiger partial charge in [-0.05, 0) is 62.4 Å². The van der Waals surface area contributed by atoms with E-state index in [0.29, 0.717) is 36.7 Å². The molecular formula is C24H31ClN2O3. The fourth-order valence-corrected chi connectivity index (χ4v) is 3.51. The van der Waals surface area contributed by atoms with Crippen LogP contribution in [0.25, 0.3) is 0 Å². The molecule has 0 heterocycles. The summed E-state index contributed by atoms with van der Waals surface area (Å²) in [5, 5.41) is 3.53. The summed E-state index contributed by atoms with van der Waals surface area (Å²) in [7, 11) is 0. The molecule has 6 heteroatoms. The Morgan fingerprint density at radius 3 is 2.30 bits per heavy atom. The first-order valence-electron chi connectivity index (χ1n) is 10.4. The lowest BCUT2D eigenvalue weighted by molar-refractivity contribution is -0.142. The van der Waals surface area contributed by atoms with E-state index in [4.69, 9.17) is 16.3 Å². The Kier molecular flexibility index (Phi) is 9.18. The van der Waals surface area contributed by atoms with Crippen LogP contribution in [0.2, 0.25) is 5.02 Å². The van der Waals surface area contributed by atoms with E-state index in [1.54, 1.807) is 4.90 Å². The van der Waals surface area contributed by atoms with Crippen LogP contribution in [-0.4, -0.2) is 42.5 Å². The Balaban J connectivity index is 2.14. The number of nitrogens with zero attached hydrogens (tertiary/aromatic N) is 1. The van der Waals surface area contributed by atoms with Crippen LogP contribution in [0.1, 0.15) is 37.0 Å². The minimum atomic E-state index is -0.529. The molecule has 0 fully saturated rings. The largest absolute Gasteiger partial charge is 0.484 e. The lowest BCUT2D eigenvalue weighted by Gasteiger charge is -2.30. The zero-order valence-electron chi connectivity index (χ0n) is 18.2. The first-order chi connectivity index (χ1) is 14.4. The number of carbonyl (C=O) groups is 2. The van der Waals surface area contributed by atoms with Crippen molar-refractivity contribution in [2.45, 2.75) is 46.6 Å². The second kappa shape index (κ2) is 11.6. The summed E-state index contributed by atoms with van der Waals surface area (Å²) in [6.07, 6.45) is 1.20. The van der Waals surface area contributed by atoms with Crippen molar-refractivity contribution in [2.24, 2.45) is 0 Å². The van der Waals surface area contributed by atoms with Crippen molar-refractivity contribution in [3.8, 4) is 5.75 Å². The molecule has 2 aromatic carbocycles. The van der Waals surface area contributed by atoms with Gasteiger partial charge in [-0.2, -0.15) is 0 Å². The van der Waals surface area contributed by atoms with Crippen LogP contribution in [0.15, 0.2) is 42.5 Å². The maximum atomic E-state index is 13.1. The molecule has 2 rings (SSSR count). The van der Waals surface area contributed by atoms with Crippen LogP contribution >= 0.6 is 11.6 Å². The van der Waals surface area contributed by atoms with Crippen molar-refractivity contribution in [3.05, 3.63) is 64.2 Å². The first-order valence-corrected chi connectivity index (χ1v) is 10.8. The number of hydrogen-bond acceptors (Lipinski definition) is 3. The molecule has 0 radical (unpaired) electrons. The van der Waals surface area contributed by atoms with Crippen molar-refractivity contribution in [1.82, 2.24) is 10.2 Å². The van der Waals surface area contributed by atoms with Crippen LogP contribution in [-0.2, 0) is 16.0 Å². The zero-order valence-corrected chi connectivity index (χ0v) is 19.0. The summed E-state index contributed by atoms with van der Waals surface area (Å²) >= 11 is 6.21. The Morgan fingerprint density at radius 1 is 1.10 bits per heavy atom. The standard InChI is InChI=1S/C24H31ClN2O3/c1-5-21(24(29)26-6-2)27(13-12-19-10-8-7-9-11-19)22(28)16-30-20-14-17(3)23(25)18(4)15-20/h7-11,14-15,21H,5-6,12-13,16H2,1-4H3,(H,26,29). The van der Waals surface area contributed by atoms with E-state index in [1.807, 2.05) is 70.2 Å². The smallest absolute Gasteiger partial charge is 0.261 e. The van der Waals surface area contributed by atoms with Crippen molar-refractivity contribution >= 4 is 23.4 Å². The van der Waals surface area contributed by atoms with Gasteiger partial charge in [0.05, 0.1) is 0 Å². The van der Waals surface area contributed by atoms with E-state index in [-0.39, 0.29) is 18.4 Å². The average molecular weight is 431 g/mol. The van der Waals surface area contributed by atoms with Gasteiger partial charge in [0, 0.05) is 18.1 Å². The van der Waals surface area contributed by atoms with Gasteiger partial charge in [-0.1, -0.05) is 48.9 Å². The van der Waals surface area contributed by atoms with E-state index < -0.39 is 6.04 Å². The van der Waals surface area contributed by atoms with Gasteiger partial charge in [0.15, 0.2) is 6.61 Å². The number of likely N-dealkylation sites (N-methyl/N-ethyl adjacent to an activating group) is 1. The predicted octanol–water partition coefficient (Wildman–Crippen LogP) is 4.32. The molecule has 2 aromatic rings. The summed E-state index contributed by atoms with van der Waals surface area (Å²) < 4.78 is 5.77. The molecular weight excluding hydrogens is 400 g/mol. The van der Waals surface area contributed by atoms with Crippen LogP contribution in [0.4, 0.5) is 0 Å². The molecule has 1 atom stereocenters. The molecule has 1 N–H and O–H groups in total. The van der Waals surface area contributed by atoms with Gasteiger partial charge in [-0.25, -0.2) is 0 Å². The van der Waals surface area contributed by atoms with Crippen molar-refractivity contribution < 1.29 is 14.3 Å². The van der Waals surface area contributed by atoms with Gasteiger partial charge in [-0.15, -0.1) is 0 Å². The summed E-state index contributed by atoms with van der Waals surface area (Å²) in [4.78, 5) is 27.3. The minimum absolute atomic E-state index is 0.134. The fourth-order valence-electron chi connectivity index (χ4n) is 3.41. The lowest BCUT2D eigenvalue weighted by Crippen LogP contribution is -2.51. The SMILES string of the molecule is CCNC(=O)C(CC)N(CCc1ccccc1)C(=O)COc1cc(C)c(Cl)c(C)c1. The normalized spacial score (nSPS) is 11.6. The van der Waals surface area contributed by atoms with E-state index >= 15 is 0 Å². The number of rotatable bonds is 10.